The molecule has 1 atom stereocenters. The van der Waals surface area contributed by atoms with Crippen LogP contribution in [0.5, 0.6) is 5.75 Å². The van der Waals surface area contributed by atoms with E-state index in [9.17, 15) is 4.79 Å². The molecule has 122 valence electrons. The molecule has 0 bridgehead atoms. The molecule has 7 nitrogen and oxygen atoms in total. The van der Waals surface area contributed by atoms with Gasteiger partial charge in [-0.25, -0.2) is 0 Å². The Labute approximate surface area is 134 Å². The number of benzene rings is 1. The van der Waals surface area contributed by atoms with Gasteiger partial charge in [0.2, 0.25) is 5.89 Å². The van der Waals surface area contributed by atoms with Crippen molar-refractivity contribution >= 4 is 5.91 Å². The summed E-state index contributed by atoms with van der Waals surface area (Å²) in [5.41, 5.74) is 0.554. The normalized spacial score (nSPS) is 17.2. The molecule has 1 aliphatic heterocycles. The Bertz CT molecular complexity index is 665. The third-order valence-corrected chi connectivity index (χ3v) is 3.73. The van der Waals surface area contributed by atoms with Gasteiger partial charge in [0.1, 0.15) is 5.75 Å². The monoisotopic (exact) mass is 317 g/mol. The molecule has 1 aromatic heterocycles. The van der Waals surface area contributed by atoms with E-state index in [1.165, 1.54) is 0 Å². The Kier molecular flexibility index (Phi) is 4.87. The molecule has 2 aromatic rings. The van der Waals surface area contributed by atoms with Crippen molar-refractivity contribution in [1.29, 1.82) is 0 Å². The lowest BCUT2D eigenvalue weighted by Gasteiger charge is -2.05. The van der Waals surface area contributed by atoms with Gasteiger partial charge in [-0.2, -0.15) is 4.98 Å². The van der Waals surface area contributed by atoms with Gasteiger partial charge in [0, 0.05) is 31.1 Å². The molecule has 0 saturated carbocycles. The lowest BCUT2D eigenvalue weighted by molar-refractivity contribution is 0.0953. The first-order valence-electron chi connectivity index (χ1n) is 7.59. The molecule has 1 N–H and O–H groups in total. The molecule has 1 aliphatic rings. The third kappa shape index (κ3) is 3.87. The highest BCUT2D eigenvalue weighted by molar-refractivity contribution is 5.94. The van der Waals surface area contributed by atoms with E-state index in [0.29, 0.717) is 42.6 Å². The lowest BCUT2D eigenvalue weighted by atomic mass is 10.1. The van der Waals surface area contributed by atoms with E-state index in [2.05, 4.69) is 15.5 Å². The summed E-state index contributed by atoms with van der Waals surface area (Å²) < 4.78 is 15.6. The zero-order chi connectivity index (χ0) is 16.1. The zero-order valence-electron chi connectivity index (χ0n) is 12.9. The molecule has 3 rings (SSSR count). The summed E-state index contributed by atoms with van der Waals surface area (Å²) in [6, 6.07) is 7.01. The van der Waals surface area contributed by atoms with Crippen molar-refractivity contribution in [2.75, 3.05) is 26.9 Å². The fourth-order valence-electron chi connectivity index (χ4n) is 2.42. The van der Waals surface area contributed by atoms with Crippen molar-refractivity contribution in [3.63, 3.8) is 0 Å². The molecule has 1 aromatic carbocycles. The number of nitrogens with one attached hydrogen (secondary N) is 1. The van der Waals surface area contributed by atoms with E-state index in [0.717, 1.165) is 13.0 Å². The number of amides is 1. The molecule has 2 heterocycles. The van der Waals surface area contributed by atoms with Gasteiger partial charge in [-0.1, -0.05) is 11.2 Å². The first kappa shape index (κ1) is 15.5. The number of hydrogen-bond donors (Lipinski definition) is 1. The third-order valence-electron chi connectivity index (χ3n) is 3.73. The Morgan fingerprint density at radius 3 is 3.17 bits per heavy atom. The standard InChI is InChI=1S/C16H19N3O4/c1-21-13-4-2-3-11(9-13)16(20)17-7-5-14-18-15(19-23-14)12-6-8-22-10-12/h2-4,9,12H,5-8,10H2,1H3,(H,17,20)/t12-/m0/s1. The van der Waals surface area contributed by atoms with Crippen LogP contribution in [-0.2, 0) is 11.2 Å². The number of ether oxygens (including phenoxy) is 2. The van der Waals surface area contributed by atoms with Gasteiger partial charge in [0.15, 0.2) is 5.82 Å². The number of rotatable bonds is 6. The van der Waals surface area contributed by atoms with Gasteiger partial charge >= 0.3 is 0 Å². The second-order valence-corrected chi connectivity index (χ2v) is 5.34. The minimum absolute atomic E-state index is 0.159. The van der Waals surface area contributed by atoms with Crippen LogP contribution in [0, 0.1) is 0 Å². The van der Waals surface area contributed by atoms with Crippen LogP contribution in [0.2, 0.25) is 0 Å². The molecule has 1 fully saturated rings. The second kappa shape index (κ2) is 7.23. The summed E-state index contributed by atoms with van der Waals surface area (Å²) in [7, 11) is 1.57. The SMILES string of the molecule is COc1cccc(C(=O)NCCc2nc([C@H]3CCOC3)no2)c1. The van der Waals surface area contributed by atoms with E-state index in [-0.39, 0.29) is 11.8 Å². The quantitative estimate of drug-likeness (QED) is 0.870. The fraction of sp³-hybridized carbons (Fsp3) is 0.438. The van der Waals surface area contributed by atoms with Gasteiger partial charge in [0.25, 0.3) is 5.91 Å². The molecule has 1 amide bonds. The minimum atomic E-state index is -0.159. The van der Waals surface area contributed by atoms with Crippen molar-refractivity contribution in [2.45, 2.75) is 18.8 Å². The van der Waals surface area contributed by atoms with Crippen LogP contribution in [-0.4, -0.2) is 42.9 Å². The second-order valence-electron chi connectivity index (χ2n) is 5.34. The topological polar surface area (TPSA) is 86.5 Å². The van der Waals surface area contributed by atoms with Crippen molar-refractivity contribution in [3.05, 3.63) is 41.5 Å². The summed E-state index contributed by atoms with van der Waals surface area (Å²) in [4.78, 5) is 16.4. The van der Waals surface area contributed by atoms with Crippen LogP contribution < -0.4 is 10.1 Å². The maximum absolute atomic E-state index is 12.1. The summed E-state index contributed by atoms with van der Waals surface area (Å²) in [5, 5.41) is 6.81. The Morgan fingerprint density at radius 1 is 1.48 bits per heavy atom. The smallest absolute Gasteiger partial charge is 0.251 e. The van der Waals surface area contributed by atoms with E-state index >= 15 is 0 Å². The number of carbonyl (C=O) groups is 1. The van der Waals surface area contributed by atoms with Crippen molar-refractivity contribution in [1.82, 2.24) is 15.5 Å². The highest BCUT2D eigenvalue weighted by Crippen LogP contribution is 2.22. The minimum Gasteiger partial charge on any atom is -0.497 e. The first-order valence-corrected chi connectivity index (χ1v) is 7.59. The van der Waals surface area contributed by atoms with Crippen LogP contribution >= 0.6 is 0 Å². The van der Waals surface area contributed by atoms with Gasteiger partial charge in [-0.05, 0) is 24.6 Å². The van der Waals surface area contributed by atoms with Crippen molar-refractivity contribution in [2.24, 2.45) is 0 Å². The molecular formula is C16H19N3O4. The van der Waals surface area contributed by atoms with Crippen LogP contribution in [0.25, 0.3) is 0 Å². The molecule has 7 heteroatoms. The number of hydrogen-bond acceptors (Lipinski definition) is 6. The number of methoxy groups -OCH3 is 1. The fourth-order valence-corrected chi connectivity index (χ4v) is 2.42. The zero-order valence-corrected chi connectivity index (χ0v) is 12.9. The summed E-state index contributed by atoms with van der Waals surface area (Å²) in [6.45, 7) is 1.82. The Morgan fingerprint density at radius 2 is 2.39 bits per heavy atom. The average Bonchev–Trinajstić information content (AvgIpc) is 3.26. The molecule has 1 saturated heterocycles. The largest absolute Gasteiger partial charge is 0.497 e. The van der Waals surface area contributed by atoms with Crippen LogP contribution in [0.1, 0.15) is 34.4 Å². The van der Waals surface area contributed by atoms with Gasteiger partial charge < -0.3 is 19.3 Å². The molecule has 0 spiro atoms. The van der Waals surface area contributed by atoms with Crippen molar-refractivity contribution in [3.8, 4) is 5.75 Å². The maximum atomic E-state index is 12.1. The van der Waals surface area contributed by atoms with E-state index < -0.39 is 0 Å². The summed E-state index contributed by atoms with van der Waals surface area (Å²) in [5.74, 6) is 1.93. The number of nitrogens with zero attached hydrogens (tertiary/aromatic N) is 2. The maximum Gasteiger partial charge on any atom is 0.251 e. The van der Waals surface area contributed by atoms with Crippen molar-refractivity contribution < 1.29 is 18.8 Å². The molecule has 0 unspecified atom stereocenters. The van der Waals surface area contributed by atoms with Crippen LogP contribution in [0.3, 0.4) is 0 Å². The van der Waals surface area contributed by atoms with E-state index in [1.54, 1.807) is 31.4 Å². The molecule has 0 aliphatic carbocycles. The highest BCUT2D eigenvalue weighted by Gasteiger charge is 2.23. The molecule has 23 heavy (non-hydrogen) atoms. The molecular weight excluding hydrogens is 298 g/mol. The first-order chi connectivity index (χ1) is 11.3. The Balaban J connectivity index is 1.49. The van der Waals surface area contributed by atoms with E-state index in [1.807, 2.05) is 0 Å². The number of carbonyl (C=O) groups excluding carboxylic acids is 1. The Hall–Kier alpha value is -2.41. The van der Waals surface area contributed by atoms with Crippen LogP contribution in [0.15, 0.2) is 28.8 Å². The predicted molar refractivity (Wildman–Crippen MR) is 81.5 cm³/mol. The predicted octanol–water partition coefficient (Wildman–Crippen LogP) is 1.55. The number of aromatic nitrogens is 2. The van der Waals surface area contributed by atoms with Gasteiger partial charge in [0.05, 0.1) is 13.7 Å². The highest BCUT2D eigenvalue weighted by atomic mass is 16.5. The summed E-state index contributed by atoms with van der Waals surface area (Å²) in [6.07, 6.45) is 1.42. The average molecular weight is 317 g/mol. The summed E-state index contributed by atoms with van der Waals surface area (Å²) >= 11 is 0. The lowest BCUT2D eigenvalue weighted by Crippen LogP contribution is -2.25. The van der Waals surface area contributed by atoms with Gasteiger partial charge in [-0.15, -0.1) is 0 Å². The molecule has 0 radical (unpaired) electrons. The van der Waals surface area contributed by atoms with E-state index in [4.69, 9.17) is 14.0 Å². The van der Waals surface area contributed by atoms with Crippen LogP contribution in [0.4, 0.5) is 0 Å². The van der Waals surface area contributed by atoms with Gasteiger partial charge in [-0.3, -0.25) is 4.79 Å².